The number of hydrogen-bond acceptors (Lipinski definition) is 2. The molecule has 102 valence electrons. The Morgan fingerprint density at radius 1 is 0.625 bits per heavy atom. The molecule has 0 unspecified atom stereocenters. The number of rotatable bonds is 7. The summed E-state index contributed by atoms with van der Waals surface area (Å²) in [7, 11) is 12.8. The van der Waals surface area contributed by atoms with Crippen molar-refractivity contribution in [2.45, 2.75) is 0 Å². The van der Waals surface area contributed by atoms with Crippen LogP contribution < -0.4 is 24.8 Å². The second-order valence-corrected chi connectivity index (χ2v) is 5.67. The van der Waals surface area contributed by atoms with Gasteiger partial charge in [-0.3, -0.25) is 0 Å². The molecule has 0 aromatic heterocycles. The average molecular weight is 277 g/mol. The Morgan fingerprint density at radius 3 is 1.06 bits per heavy atom. The quantitative estimate of drug-likeness (QED) is 0.200. The van der Waals surface area contributed by atoms with Crippen molar-refractivity contribution in [2.75, 3.05) is 68.6 Å². The Hall–Kier alpha value is 0.420. The van der Waals surface area contributed by atoms with E-state index in [9.17, 15) is 0 Å². The molecule has 0 aromatic carbocycles. The van der Waals surface area contributed by atoms with Crippen molar-refractivity contribution in [3.8, 4) is 0 Å². The van der Waals surface area contributed by atoms with Crippen LogP contribution in [0.4, 0.5) is 0 Å². The maximum atomic E-state index is 5.08. The molecule has 0 aliphatic heterocycles. The van der Waals surface area contributed by atoms with Crippen molar-refractivity contribution < 1.29 is 43.6 Å². The van der Waals surface area contributed by atoms with Gasteiger partial charge in [0.15, 0.2) is 0 Å². The molecule has 0 saturated carbocycles. The van der Waals surface area contributed by atoms with Crippen LogP contribution in [0.15, 0.2) is 0 Å². The van der Waals surface area contributed by atoms with Crippen LogP contribution in [0.25, 0.3) is 0 Å². The zero-order chi connectivity index (χ0) is 11.2. The Bertz CT molecular complexity index is 138. The van der Waals surface area contributed by atoms with Gasteiger partial charge in [0.1, 0.15) is 26.3 Å². The van der Waals surface area contributed by atoms with Gasteiger partial charge in [0.2, 0.25) is 0 Å². The normalized spacial score (nSPS) is 11.6. The molecule has 16 heavy (non-hydrogen) atoms. The lowest BCUT2D eigenvalue weighted by atomic mass is 10.5. The largest absolute Gasteiger partial charge is 1.00 e. The summed E-state index contributed by atoms with van der Waals surface area (Å²) < 4.78 is 1.80. The third-order valence-corrected chi connectivity index (χ3v) is 1.77. The van der Waals surface area contributed by atoms with Gasteiger partial charge in [-0.1, -0.05) is 0 Å². The monoisotopic (exact) mass is 276 g/mol. The van der Waals surface area contributed by atoms with Crippen molar-refractivity contribution in [3.05, 3.63) is 0 Å². The number of hydrogen-bond donors (Lipinski definition) is 0. The van der Waals surface area contributed by atoms with Crippen LogP contribution in [0, 0.1) is 0 Å². The summed E-state index contributed by atoms with van der Waals surface area (Å²) >= 11 is 0. The molecule has 0 atom stereocenters. The van der Waals surface area contributed by atoms with E-state index in [1.54, 1.807) is 0 Å². The van der Waals surface area contributed by atoms with E-state index in [1.165, 1.54) is 0 Å². The molecule has 0 heterocycles. The fourth-order valence-corrected chi connectivity index (χ4v) is 0.740. The van der Waals surface area contributed by atoms with Crippen molar-refractivity contribution in [1.29, 1.82) is 0 Å². The molecule has 0 fully saturated rings. The predicted octanol–water partition coefficient (Wildman–Crippen LogP) is -5.64. The first-order chi connectivity index (χ1) is 6.21. The topological polar surface area (TPSA) is 18.5 Å². The van der Waals surface area contributed by atoms with Gasteiger partial charge in [-0.25, -0.2) is 9.78 Å². The fraction of sp³-hybridized carbons (Fsp3) is 1.00. The molecule has 4 nitrogen and oxygen atoms in total. The number of likely N-dealkylation sites (N-methyl/N-ethyl adjacent to an activating group) is 2. The van der Waals surface area contributed by atoms with Gasteiger partial charge in [0.05, 0.1) is 42.3 Å². The lowest BCUT2D eigenvalue weighted by Crippen LogP contribution is -3.00. The summed E-state index contributed by atoms with van der Waals surface area (Å²) in [4.78, 5) is 10.2. The standard InChI is InChI=1S/C10H26N2O2.2ClH/c1-11(2,3)7-9-13-14-10-8-12(4,5)6;;/h7-10H2,1-6H3;2*1H/q+2;;/p-2. The summed E-state index contributed by atoms with van der Waals surface area (Å²) in [6.45, 7) is 3.23. The van der Waals surface area contributed by atoms with Crippen LogP contribution >= 0.6 is 0 Å². The van der Waals surface area contributed by atoms with Gasteiger partial charge < -0.3 is 33.8 Å². The molecule has 0 bridgehead atoms. The molecular weight excluding hydrogens is 251 g/mol. The minimum absolute atomic E-state index is 0. The minimum atomic E-state index is 0. The van der Waals surface area contributed by atoms with Gasteiger partial charge in [-0.15, -0.1) is 0 Å². The van der Waals surface area contributed by atoms with Crippen molar-refractivity contribution in [1.82, 2.24) is 0 Å². The highest BCUT2D eigenvalue weighted by Gasteiger charge is 2.08. The molecule has 0 spiro atoms. The van der Waals surface area contributed by atoms with Crippen LogP contribution in [-0.4, -0.2) is 77.6 Å². The SMILES string of the molecule is C[N+](C)(C)CCOOCC[N+](C)(C)C.[Cl-].[Cl-]. The van der Waals surface area contributed by atoms with Gasteiger partial charge in [-0.05, 0) is 0 Å². The van der Waals surface area contributed by atoms with Gasteiger partial charge in [-0.2, -0.15) is 0 Å². The number of halogens is 2. The van der Waals surface area contributed by atoms with Gasteiger partial charge >= 0.3 is 0 Å². The van der Waals surface area contributed by atoms with E-state index in [1.807, 2.05) is 0 Å². The van der Waals surface area contributed by atoms with E-state index in [-0.39, 0.29) is 24.8 Å². The highest BCUT2D eigenvalue weighted by Crippen LogP contribution is 1.92. The van der Waals surface area contributed by atoms with E-state index >= 15 is 0 Å². The van der Waals surface area contributed by atoms with E-state index in [2.05, 4.69) is 42.3 Å². The molecular formula is C10H26Cl2N2O2. The van der Waals surface area contributed by atoms with Crippen molar-refractivity contribution in [2.24, 2.45) is 0 Å². The third kappa shape index (κ3) is 19.9. The maximum absolute atomic E-state index is 5.08. The lowest BCUT2D eigenvalue weighted by molar-refractivity contribution is -0.874. The summed E-state index contributed by atoms with van der Waals surface area (Å²) in [6.07, 6.45) is 0. The molecule has 0 rings (SSSR count). The lowest BCUT2D eigenvalue weighted by Gasteiger charge is -2.24. The van der Waals surface area contributed by atoms with E-state index in [4.69, 9.17) is 9.78 Å². The molecule has 0 aliphatic carbocycles. The van der Waals surface area contributed by atoms with Gasteiger partial charge in [0, 0.05) is 0 Å². The molecule has 0 N–H and O–H groups in total. The van der Waals surface area contributed by atoms with Crippen LogP contribution in [-0.2, 0) is 9.78 Å². The molecule has 0 aliphatic rings. The Labute approximate surface area is 112 Å². The predicted molar refractivity (Wildman–Crippen MR) is 57.7 cm³/mol. The van der Waals surface area contributed by atoms with Crippen LogP contribution in [0.3, 0.4) is 0 Å². The second-order valence-electron chi connectivity index (χ2n) is 5.67. The fourth-order valence-electron chi connectivity index (χ4n) is 0.740. The summed E-state index contributed by atoms with van der Waals surface area (Å²) in [5, 5.41) is 0. The summed E-state index contributed by atoms with van der Waals surface area (Å²) in [5.74, 6) is 0. The Morgan fingerprint density at radius 2 is 0.875 bits per heavy atom. The van der Waals surface area contributed by atoms with Crippen molar-refractivity contribution in [3.63, 3.8) is 0 Å². The molecule has 0 saturated heterocycles. The third-order valence-electron chi connectivity index (χ3n) is 1.77. The van der Waals surface area contributed by atoms with Crippen LogP contribution in [0.5, 0.6) is 0 Å². The first kappa shape index (κ1) is 21.7. The summed E-state index contributed by atoms with van der Waals surface area (Å²) in [6, 6.07) is 0. The van der Waals surface area contributed by atoms with Crippen molar-refractivity contribution >= 4 is 0 Å². The summed E-state index contributed by atoms with van der Waals surface area (Å²) in [5.41, 5.74) is 0. The van der Waals surface area contributed by atoms with E-state index in [0.717, 1.165) is 22.1 Å². The van der Waals surface area contributed by atoms with E-state index < -0.39 is 0 Å². The van der Waals surface area contributed by atoms with Crippen LogP contribution in [0.1, 0.15) is 0 Å². The molecule has 6 heteroatoms. The van der Waals surface area contributed by atoms with E-state index in [0.29, 0.717) is 13.2 Å². The average Bonchev–Trinajstić information content (AvgIpc) is 1.92. The molecule has 0 amide bonds. The second kappa shape index (κ2) is 9.45. The number of nitrogens with zero attached hydrogens (tertiary/aromatic N) is 2. The smallest absolute Gasteiger partial charge is 0.131 e. The molecule has 0 radical (unpaired) electrons. The minimum Gasteiger partial charge on any atom is -1.00 e. The first-order valence-corrected chi connectivity index (χ1v) is 5.06. The first-order valence-electron chi connectivity index (χ1n) is 5.06. The maximum Gasteiger partial charge on any atom is 0.131 e. The van der Waals surface area contributed by atoms with Gasteiger partial charge in [0.25, 0.3) is 0 Å². The highest BCUT2D eigenvalue weighted by molar-refractivity contribution is 4.25. The Balaban J connectivity index is -0.000000845. The highest BCUT2D eigenvalue weighted by atomic mass is 35.5. The number of quaternary nitrogens is 2. The van der Waals surface area contributed by atoms with Crippen LogP contribution in [0.2, 0.25) is 0 Å². The molecule has 0 aromatic rings. The Kier molecular flexibility index (Phi) is 12.8. The zero-order valence-electron chi connectivity index (χ0n) is 11.3. The zero-order valence-corrected chi connectivity index (χ0v) is 12.8.